The second-order valence-electron chi connectivity index (χ2n) is 1.46. The maximum absolute atomic E-state index is 10.4. The molecule has 0 aromatic heterocycles. The molecule has 0 radical (unpaired) electrons. The number of primary amides is 1. The molecule has 0 unspecified atom stereocenters. The number of nitrogens with zero attached hydrogens (tertiary/aromatic N) is 1. The van der Waals surface area contributed by atoms with Gasteiger partial charge in [-0.25, -0.2) is 9.69 Å². The summed E-state index contributed by atoms with van der Waals surface area (Å²) in [5.41, 5.74) is 4.62. The third kappa shape index (κ3) is 2.00. The first-order valence-corrected chi connectivity index (χ1v) is 2.45. The fourth-order valence-electron chi connectivity index (χ4n) is 0.357. The van der Waals surface area contributed by atoms with E-state index in [1.165, 1.54) is 0 Å². The van der Waals surface area contributed by atoms with Crippen LogP contribution in [-0.4, -0.2) is 40.4 Å². The summed E-state index contributed by atoms with van der Waals surface area (Å²) < 4.78 is 0. The zero-order valence-corrected chi connectivity index (χ0v) is 5.15. The minimum atomic E-state index is -1.08. The Morgan fingerprint density at radius 1 is 1.40 bits per heavy atom. The Kier molecular flexibility index (Phi) is 3.37. The van der Waals surface area contributed by atoms with E-state index in [9.17, 15) is 9.59 Å². The predicted octanol–water partition coefficient (Wildman–Crippen LogP) is -2.16. The largest absolute Gasteiger partial charge is 0.387 e. The molecule has 0 bridgehead atoms. The highest BCUT2D eigenvalue weighted by Crippen LogP contribution is 1.85. The van der Waals surface area contributed by atoms with Gasteiger partial charge in [0.1, 0.15) is 13.3 Å². The Bertz CT molecular complexity index is 146. The lowest BCUT2D eigenvalue weighted by atomic mass is 10.6. The molecule has 0 saturated carbocycles. The van der Waals surface area contributed by atoms with Gasteiger partial charge >= 0.3 is 6.03 Å². The molecule has 4 N–H and O–H groups in total. The van der Waals surface area contributed by atoms with Gasteiger partial charge in [-0.15, -0.1) is 0 Å². The molecule has 0 heterocycles. The Hall–Kier alpha value is -1.14. The van der Waals surface area contributed by atoms with Gasteiger partial charge in [-0.1, -0.05) is 0 Å². The van der Waals surface area contributed by atoms with E-state index < -0.39 is 25.3 Å². The number of aliphatic hydroxyl groups excluding tert-OH is 2. The lowest BCUT2D eigenvalue weighted by Gasteiger charge is -2.12. The zero-order chi connectivity index (χ0) is 8.15. The Labute approximate surface area is 56.8 Å². The number of hydrogen-bond acceptors (Lipinski definition) is 4. The first kappa shape index (κ1) is 8.86. The Morgan fingerprint density at radius 2 is 1.90 bits per heavy atom. The fraction of sp³-hybridized carbons (Fsp3) is 0.500. The molecule has 0 saturated heterocycles. The molecule has 0 atom stereocenters. The molecule has 0 aliphatic carbocycles. The van der Waals surface area contributed by atoms with E-state index in [-0.39, 0.29) is 0 Å². The van der Waals surface area contributed by atoms with Crippen molar-refractivity contribution < 1.29 is 19.8 Å². The summed E-state index contributed by atoms with van der Waals surface area (Å²) in [7, 11) is 0. The SMILES string of the molecule is NC(=O)N(CO)C(=O)CO. The van der Waals surface area contributed by atoms with Crippen molar-refractivity contribution in [1.82, 2.24) is 4.90 Å². The van der Waals surface area contributed by atoms with Crippen LogP contribution in [0.1, 0.15) is 0 Å². The summed E-state index contributed by atoms with van der Waals surface area (Å²) in [5.74, 6) is -0.921. The number of nitrogens with two attached hydrogens (primary N) is 1. The van der Waals surface area contributed by atoms with E-state index in [0.29, 0.717) is 4.90 Å². The molecule has 6 heteroatoms. The van der Waals surface area contributed by atoms with Gasteiger partial charge in [-0.3, -0.25) is 4.79 Å². The van der Waals surface area contributed by atoms with Gasteiger partial charge in [-0.05, 0) is 0 Å². The van der Waals surface area contributed by atoms with Crippen molar-refractivity contribution in [3.05, 3.63) is 0 Å². The van der Waals surface area contributed by atoms with Gasteiger partial charge in [0.15, 0.2) is 0 Å². The second kappa shape index (κ2) is 3.80. The van der Waals surface area contributed by atoms with Crippen molar-refractivity contribution in [2.24, 2.45) is 5.73 Å². The quantitative estimate of drug-likeness (QED) is 0.388. The third-order valence-electron chi connectivity index (χ3n) is 0.844. The van der Waals surface area contributed by atoms with Crippen LogP contribution in [0.15, 0.2) is 0 Å². The summed E-state index contributed by atoms with van der Waals surface area (Å²) in [5, 5.41) is 16.5. The predicted molar refractivity (Wildman–Crippen MR) is 30.6 cm³/mol. The topological polar surface area (TPSA) is 104 Å². The monoisotopic (exact) mass is 148 g/mol. The standard InChI is InChI=1S/C4H8N2O4/c5-4(10)6(2-8)3(9)1-7/h7-8H,1-2H2,(H2,5,10). The van der Waals surface area contributed by atoms with Crippen LogP contribution >= 0.6 is 0 Å². The normalized spacial score (nSPS) is 9.00. The van der Waals surface area contributed by atoms with Gasteiger partial charge in [0.2, 0.25) is 0 Å². The van der Waals surface area contributed by atoms with Crippen molar-refractivity contribution >= 4 is 11.9 Å². The van der Waals surface area contributed by atoms with Crippen molar-refractivity contribution in [2.45, 2.75) is 0 Å². The Morgan fingerprint density at radius 3 is 2.00 bits per heavy atom. The average Bonchev–Trinajstić information content (AvgIpc) is 1.88. The van der Waals surface area contributed by atoms with Crippen molar-refractivity contribution in [1.29, 1.82) is 0 Å². The van der Waals surface area contributed by atoms with Crippen LogP contribution in [0.3, 0.4) is 0 Å². The van der Waals surface area contributed by atoms with Gasteiger partial charge in [0.25, 0.3) is 5.91 Å². The number of carbonyl (C=O) groups excluding carboxylic acids is 2. The number of rotatable bonds is 2. The smallest absolute Gasteiger partial charge is 0.323 e. The highest BCUT2D eigenvalue weighted by Gasteiger charge is 2.15. The minimum Gasteiger partial charge on any atom is -0.387 e. The fourth-order valence-corrected chi connectivity index (χ4v) is 0.357. The number of hydrogen-bond donors (Lipinski definition) is 3. The molecule has 0 aromatic carbocycles. The molecule has 6 nitrogen and oxygen atoms in total. The number of urea groups is 1. The molecule has 0 rings (SSSR count). The van der Waals surface area contributed by atoms with E-state index in [1.807, 2.05) is 0 Å². The Balaban J connectivity index is 4.06. The zero-order valence-electron chi connectivity index (χ0n) is 5.15. The van der Waals surface area contributed by atoms with Crippen LogP contribution < -0.4 is 5.73 Å². The van der Waals surface area contributed by atoms with E-state index in [4.69, 9.17) is 10.2 Å². The van der Waals surface area contributed by atoms with E-state index >= 15 is 0 Å². The molecule has 0 aromatic rings. The summed E-state index contributed by atoms with van der Waals surface area (Å²) in [4.78, 5) is 20.9. The summed E-state index contributed by atoms with van der Waals surface area (Å²) in [6, 6.07) is -1.08. The van der Waals surface area contributed by atoms with Crippen LogP contribution in [0.4, 0.5) is 4.79 Å². The van der Waals surface area contributed by atoms with Crippen molar-refractivity contribution in [3.63, 3.8) is 0 Å². The molecular formula is C4H8N2O4. The van der Waals surface area contributed by atoms with Crippen LogP contribution in [-0.2, 0) is 4.79 Å². The molecule has 0 spiro atoms. The second-order valence-corrected chi connectivity index (χ2v) is 1.46. The molecule has 58 valence electrons. The van der Waals surface area contributed by atoms with Gasteiger partial charge in [0, 0.05) is 0 Å². The van der Waals surface area contributed by atoms with Crippen LogP contribution in [0, 0.1) is 0 Å². The first-order valence-electron chi connectivity index (χ1n) is 2.45. The molecule has 0 fully saturated rings. The lowest BCUT2D eigenvalue weighted by molar-refractivity contribution is -0.133. The van der Waals surface area contributed by atoms with Gasteiger partial charge in [-0.2, -0.15) is 0 Å². The first-order chi connectivity index (χ1) is 4.63. The summed E-state index contributed by atoms with van der Waals surface area (Å²) in [6.07, 6.45) is 0. The molecule has 10 heavy (non-hydrogen) atoms. The summed E-state index contributed by atoms with van der Waals surface area (Å²) >= 11 is 0. The van der Waals surface area contributed by atoms with E-state index in [0.717, 1.165) is 0 Å². The highest BCUT2D eigenvalue weighted by atomic mass is 16.3. The lowest BCUT2D eigenvalue weighted by Crippen LogP contribution is -2.42. The molecule has 0 aliphatic heterocycles. The van der Waals surface area contributed by atoms with Crippen LogP contribution in [0.2, 0.25) is 0 Å². The number of aliphatic hydroxyl groups is 2. The van der Waals surface area contributed by atoms with Crippen molar-refractivity contribution in [3.8, 4) is 0 Å². The van der Waals surface area contributed by atoms with Gasteiger partial charge in [0.05, 0.1) is 0 Å². The molecule has 0 aliphatic rings. The maximum Gasteiger partial charge on any atom is 0.323 e. The van der Waals surface area contributed by atoms with E-state index in [1.54, 1.807) is 0 Å². The summed E-state index contributed by atoms with van der Waals surface area (Å²) in [6.45, 7) is -1.65. The van der Waals surface area contributed by atoms with Crippen LogP contribution in [0.5, 0.6) is 0 Å². The number of amides is 3. The van der Waals surface area contributed by atoms with E-state index in [2.05, 4.69) is 5.73 Å². The third-order valence-corrected chi connectivity index (χ3v) is 0.844. The average molecular weight is 148 g/mol. The van der Waals surface area contributed by atoms with Gasteiger partial charge < -0.3 is 15.9 Å². The minimum absolute atomic E-state index is 0.319. The maximum atomic E-state index is 10.4. The number of imide groups is 1. The number of carbonyl (C=O) groups is 2. The highest BCUT2D eigenvalue weighted by molar-refractivity contribution is 5.93. The van der Waals surface area contributed by atoms with Crippen molar-refractivity contribution in [2.75, 3.05) is 13.3 Å². The van der Waals surface area contributed by atoms with Crippen LogP contribution in [0.25, 0.3) is 0 Å². The molecule has 3 amide bonds. The molecular weight excluding hydrogens is 140 g/mol.